The zero-order chi connectivity index (χ0) is 13.1. The standard InChI is InChI=1S/C11H20N4O2/c1-11(2,7-16)6-13-10(17)9(12)8-4-14-15(3)5-8/h4-5,9,16H,6-7,12H2,1-3H3,(H,13,17). The number of aromatic nitrogens is 2. The summed E-state index contributed by atoms with van der Waals surface area (Å²) in [5, 5.41) is 15.8. The van der Waals surface area contributed by atoms with E-state index in [9.17, 15) is 4.79 Å². The van der Waals surface area contributed by atoms with Gasteiger partial charge in [0.2, 0.25) is 5.91 Å². The quantitative estimate of drug-likeness (QED) is 0.650. The number of hydrogen-bond donors (Lipinski definition) is 3. The van der Waals surface area contributed by atoms with Gasteiger partial charge in [-0.15, -0.1) is 0 Å². The highest BCUT2D eigenvalue weighted by atomic mass is 16.3. The molecule has 96 valence electrons. The van der Waals surface area contributed by atoms with Gasteiger partial charge in [0.15, 0.2) is 0 Å². The van der Waals surface area contributed by atoms with Crippen molar-refractivity contribution in [3.8, 4) is 0 Å². The molecule has 0 saturated heterocycles. The summed E-state index contributed by atoms with van der Waals surface area (Å²) >= 11 is 0. The highest BCUT2D eigenvalue weighted by molar-refractivity contribution is 5.82. The number of nitrogens with two attached hydrogens (primary N) is 1. The van der Waals surface area contributed by atoms with Crippen LogP contribution in [-0.4, -0.2) is 33.9 Å². The van der Waals surface area contributed by atoms with Crippen LogP contribution in [-0.2, 0) is 11.8 Å². The van der Waals surface area contributed by atoms with E-state index in [1.165, 1.54) is 0 Å². The normalized spacial score (nSPS) is 13.5. The molecule has 1 aromatic rings. The third-order valence-electron chi connectivity index (χ3n) is 2.54. The van der Waals surface area contributed by atoms with Crippen molar-refractivity contribution in [1.29, 1.82) is 0 Å². The smallest absolute Gasteiger partial charge is 0.241 e. The van der Waals surface area contributed by atoms with E-state index in [0.29, 0.717) is 12.1 Å². The summed E-state index contributed by atoms with van der Waals surface area (Å²) in [6, 6.07) is -0.724. The molecule has 0 radical (unpaired) electrons. The van der Waals surface area contributed by atoms with Gasteiger partial charge in [-0.25, -0.2) is 0 Å². The number of aliphatic hydroxyl groups excluding tert-OH is 1. The van der Waals surface area contributed by atoms with Gasteiger partial charge in [0.05, 0.1) is 6.20 Å². The van der Waals surface area contributed by atoms with E-state index in [-0.39, 0.29) is 17.9 Å². The molecule has 6 heteroatoms. The molecule has 0 aliphatic heterocycles. The van der Waals surface area contributed by atoms with E-state index < -0.39 is 6.04 Å². The van der Waals surface area contributed by atoms with Crippen molar-refractivity contribution in [2.75, 3.05) is 13.2 Å². The third kappa shape index (κ3) is 3.83. The molecule has 1 unspecified atom stereocenters. The molecule has 0 spiro atoms. The van der Waals surface area contributed by atoms with Crippen LogP contribution in [0.4, 0.5) is 0 Å². The molecule has 0 aromatic carbocycles. The van der Waals surface area contributed by atoms with Crippen LogP contribution in [0.2, 0.25) is 0 Å². The minimum absolute atomic E-state index is 0.00934. The van der Waals surface area contributed by atoms with E-state index in [4.69, 9.17) is 10.8 Å². The third-order valence-corrected chi connectivity index (χ3v) is 2.54. The molecule has 0 aliphatic rings. The molecule has 1 amide bonds. The Labute approximate surface area is 101 Å². The van der Waals surface area contributed by atoms with Crippen LogP contribution in [0, 0.1) is 5.41 Å². The minimum atomic E-state index is -0.724. The summed E-state index contributed by atoms with van der Waals surface area (Å²) in [5.41, 5.74) is 6.12. The zero-order valence-electron chi connectivity index (χ0n) is 10.5. The Morgan fingerprint density at radius 1 is 1.71 bits per heavy atom. The number of nitrogens with zero attached hydrogens (tertiary/aromatic N) is 2. The van der Waals surface area contributed by atoms with Gasteiger partial charge >= 0.3 is 0 Å². The van der Waals surface area contributed by atoms with Crippen LogP contribution < -0.4 is 11.1 Å². The number of carbonyl (C=O) groups is 1. The Bertz CT molecular complexity index is 387. The fourth-order valence-corrected chi connectivity index (χ4v) is 1.24. The average Bonchev–Trinajstić information content (AvgIpc) is 2.72. The Morgan fingerprint density at radius 2 is 2.35 bits per heavy atom. The summed E-state index contributed by atoms with van der Waals surface area (Å²) in [6.45, 7) is 4.12. The fraction of sp³-hybridized carbons (Fsp3) is 0.636. The predicted octanol–water partition coefficient (Wildman–Crippen LogP) is -0.445. The molecule has 1 rings (SSSR count). The summed E-state index contributed by atoms with van der Waals surface area (Å²) in [6.07, 6.45) is 3.28. The van der Waals surface area contributed by atoms with Gasteiger partial charge in [0.1, 0.15) is 6.04 Å². The van der Waals surface area contributed by atoms with E-state index in [2.05, 4.69) is 10.4 Å². The minimum Gasteiger partial charge on any atom is -0.396 e. The lowest BCUT2D eigenvalue weighted by molar-refractivity contribution is -0.123. The molecule has 17 heavy (non-hydrogen) atoms. The van der Waals surface area contributed by atoms with Gasteiger partial charge in [-0.05, 0) is 0 Å². The first-order chi connectivity index (χ1) is 7.85. The highest BCUT2D eigenvalue weighted by Gasteiger charge is 2.21. The molecule has 1 atom stereocenters. The predicted molar refractivity (Wildman–Crippen MR) is 64.0 cm³/mol. The largest absolute Gasteiger partial charge is 0.396 e. The van der Waals surface area contributed by atoms with Gasteiger partial charge in [0, 0.05) is 37.4 Å². The first-order valence-corrected chi connectivity index (χ1v) is 5.48. The van der Waals surface area contributed by atoms with Crippen LogP contribution in [0.3, 0.4) is 0 Å². The van der Waals surface area contributed by atoms with E-state index in [0.717, 1.165) is 0 Å². The number of rotatable bonds is 5. The number of aryl methyl sites for hydroxylation is 1. The molecule has 1 heterocycles. The van der Waals surface area contributed by atoms with Gasteiger partial charge < -0.3 is 16.2 Å². The maximum Gasteiger partial charge on any atom is 0.241 e. The van der Waals surface area contributed by atoms with E-state index >= 15 is 0 Å². The molecule has 0 saturated carbocycles. The van der Waals surface area contributed by atoms with Crippen molar-refractivity contribution < 1.29 is 9.90 Å². The SMILES string of the molecule is Cn1cc(C(N)C(=O)NCC(C)(C)CO)cn1. The van der Waals surface area contributed by atoms with Crippen LogP contribution in [0.1, 0.15) is 25.5 Å². The summed E-state index contributed by atoms with van der Waals surface area (Å²) in [5.74, 6) is -0.264. The van der Waals surface area contributed by atoms with E-state index in [1.54, 1.807) is 24.1 Å². The Hall–Kier alpha value is -1.40. The van der Waals surface area contributed by atoms with Gasteiger partial charge in [-0.1, -0.05) is 13.8 Å². The molecule has 6 nitrogen and oxygen atoms in total. The molecular weight excluding hydrogens is 220 g/mol. The number of amides is 1. The number of hydrogen-bond acceptors (Lipinski definition) is 4. The van der Waals surface area contributed by atoms with E-state index in [1.807, 2.05) is 13.8 Å². The number of nitrogens with one attached hydrogen (secondary N) is 1. The van der Waals surface area contributed by atoms with Gasteiger partial charge in [0.25, 0.3) is 0 Å². The van der Waals surface area contributed by atoms with Gasteiger partial charge in [-0.2, -0.15) is 5.10 Å². The first-order valence-electron chi connectivity index (χ1n) is 5.48. The van der Waals surface area contributed by atoms with Crippen molar-refractivity contribution in [2.45, 2.75) is 19.9 Å². The maximum absolute atomic E-state index is 11.8. The monoisotopic (exact) mass is 240 g/mol. The summed E-state index contributed by atoms with van der Waals surface area (Å²) in [4.78, 5) is 11.8. The molecule has 0 bridgehead atoms. The number of aliphatic hydroxyl groups is 1. The van der Waals surface area contributed by atoms with Crippen molar-refractivity contribution in [3.05, 3.63) is 18.0 Å². The Morgan fingerprint density at radius 3 is 2.82 bits per heavy atom. The second kappa shape index (κ2) is 5.29. The summed E-state index contributed by atoms with van der Waals surface area (Å²) < 4.78 is 1.60. The Balaban J connectivity index is 2.54. The van der Waals surface area contributed by atoms with Crippen molar-refractivity contribution >= 4 is 5.91 Å². The first kappa shape index (κ1) is 13.7. The van der Waals surface area contributed by atoms with Crippen LogP contribution in [0.25, 0.3) is 0 Å². The topological polar surface area (TPSA) is 93.2 Å². The van der Waals surface area contributed by atoms with Crippen molar-refractivity contribution in [2.24, 2.45) is 18.2 Å². The fourth-order valence-electron chi connectivity index (χ4n) is 1.24. The van der Waals surface area contributed by atoms with Gasteiger partial charge in [-0.3, -0.25) is 9.48 Å². The van der Waals surface area contributed by atoms with Crippen molar-refractivity contribution in [1.82, 2.24) is 15.1 Å². The molecule has 1 aromatic heterocycles. The van der Waals surface area contributed by atoms with Crippen molar-refractivity contribution in [3.63, 3.8) is 0 Å². The zero-order valence-corrected chi connectivity index (χ0v) is 10.5. The van der Waals surface area contributed by atoms with Crippen LogP contribution >= 0.6 is 0 Å². The molecule has 0 fully saturated rings. The lowest BCUT2D eigenvalue weighted by Gasteiger charge is -2.22. The highest BCUT2D eigenvalue weighted by Crippen LogP contribution is 2.13. The number of carbonyl (C=O) groups excluding carboxylic acids is 1. The summed E-state index contributed by atoms with van der Waals surface area (Å²) in [7, 11) is 1.77. The molecule has 4 N–H and O–H groups in total. The lowest BCUT2D eigenvalue weighted by atomic mass is 9.95. The van der Waals surface area contributed by atoms with Crippen LogP contribution in [0.15, 0.2) is 12.4 Å². The average molecular weight is 240 g/mol. The second-order valence-electron chi connectivity index (χ2n) is 4.97. The maximum atomic E-state index is 11.8. The second-order valence-corrected chi connectivity index (χ2v) is 4.97. The van der Waals surface area contributed by atoms with Crippen LogP contribution in [0.5, 0.6) is 0 Å². The molecular formula is C11H20N4O2. The Kier molecular flexibility index (Phi) is 4.25. The lowest BCUT2D eigenvalue weighted by Crippen LogP contribution is -2.40. The molecule has 0 aliphatic carbocycles.